The number of nitrogen functional groups attached to an aromatic ring is 1. The molecule has 0 unspecified atom stereocenters. The lowest BCUT2D eigenvalue weighted by molar-refractivity contribution is 0.300. The molecule has 2 aromatic rings. The molecule has 1 aromatic heterocycles. The molecule has 0 aliphatic rings. The molecule has 0 aliphatic heterocycles. The Morgan fingerprint density at radius 1 is 1.28 bits per heavy atom. The van der Waals surface area contributed by atoms with Gasteiger partial charge in [-0.25, -0.2) is 9.37 Å². The highest BCUT2D eigenvalue weighted by Gasteiger charge is 2.12. The standard InChI is InChI=1S/C13H12ClFN2O/c14-8-1-2-10(12(15)7-8)9-3-5-17-13(16)11(9)4-6-18/h1-3,5,7,18H,4,6H2,(H2,16,17). The van der Waals surface area contributed by atoms with E-state index in [0.717, 1.165) is 0 Å². The molecule has 0 aliphatic carbocycles. The molecule has 0 amide bonds. The first kappa shape index (κ1) is 12.8. The number of aliphatic hydroxyl groups is 1. The van der Waals surface area contributed by atoms with Gasteiger partial charge in [-0.2, -0.15) is 0 Å². The number of rotatable bonds is 3. The van der Waals surface area contributed by atoms with Crippen LogP contribution >= 0.6 is 11.6 Å². The molecule has 3 nitrogen and oxygen atoms in total. The first-order valence-corrected chi connectivity index (χ1v) is 5.81. The van der Waals surface area contributed by atoms with Gasteiger partial charge in [-0.05, 0) is 36.2 Å². The van der Waals surface area contributed by atoms with E-state index in [1.807, 2.05) is 0 Å². The summed E-state index contributed by atoms with van der Waals surface area (Å²) in [5.74, 6) is -0.122. The number of hydrogen-bond donors (Lipinski definition) is 2. The van der Waals surface area contributed by atoms with Crippen molar-refractivity contribution in [3.63, 3.8) is 0 Å². The maximum Gasteiger partial charge on any atom is 0.132 e. The fourth-order valence-corrected chi connectivity index (χ4v) is 2.00. The summed E-state index contributed by atoms with van der Waals surface area (Å²) in [4.78, 5) is 3.95. The quantitative estimate of drug-likeness (QED) is 0.898. The van der Waals surface area contributed by atoms with Crippen LogP contribution in [0.1, 0.15) is 5.56 Å². The van der Waals surface area contributed by atoms with E-state index in [9.17, 15) is 4.39 Å². The third-order valence-electron chi connectivity index (χ3n) is 2.67. The molecule has 0 atom stereocenters. The molecular weight excluding hydrogens is 255 g/mol. The van der Waals surface area contributed by atoms with E-state index in [2.05, 4.69) is 4.98 Å². The minimum absolute atomic E-state index is 0.0713. The Kier molecular flexibility index (Phi) is 3.79. The Hall–Kier alpha value is -1.65. The normalized spacial score (nSPS) is 10.6. The molecule has 18 heavy (non-hydrogen) atoms. The molecular formula is C13H12ClFN2O. The highest BCUT2D eigenvalue weighted by atomic mass is 35.5. The van der Waals surface area contributed by atoms with E-state index < -0.39 is 5.82 Å². The van der Waals surface area contributed by atoms with Gasteiger partial charge >= 0.3 is 0 Å². The first-order valence-electron chi connectivity index (χ1n) is 5.43. The van der Waals surface area contributed by atoms with Crippen LogP contribution < -0.4 is 5.73 Å². The third-order valence-corrected chi connectivity index (χ3v) is 2.91. The monoisotopic (exact) mass is 266 g/mol. The van der Waals surface area contributed by atoms with Crippen molar-refractivity contribution in [3.05, 3.63) is 46.9 Å². The van der Waals surface area contributed by atoms with Crippen LogP contribution in [-0.2, 0) is 6.42 Å². The van der Waals surface area contributed by atoms with E-state index in [-0.39, 0.29) is 6.61 Å². The molecule has 0 saturated heterocycles. The van der Waals surface area contributed by atoms with Crippen molar-refractivity contribution in [2.45, 2.75) is 6.42 Å². The lowest BCUT2D eigenvalue weighted by atomic mass is 9.98. The van der Waals surface area contributed by atoms with Crippen molar-refractivity contribution in [2.24, 2.45) is 0 Å². The van der Waals surface area contributed by atoms with E-state index in [1.54, 1.807) is 18.2 Å². The number of nitrogens with two attached hydrogens (primary N) is 1. The van der Waals surface area contributed by atoms with E-state index >= 15 is 0 Å². The number of aliphatic hydroxyl groups excluding tert-OH is 1. The van der Waals surface area contributed by atoms with Crippen LogP contribution in [0.4, 0.5) is 10.2 Å². The molecule has 94 valence electrons. The highest BCUT2D eigenvalue weighted by Crippen LogP contribution is 2.30. The molecule has 0 fully saturated rings. The summed E-state index contributed by atoms with van der Waals surface area (Å²) in [5.41, 5.74) is 7.42. The molecule has 0 radical (unpaired) electrons. The van der Waals surface area contributed by atoms with Gasteiger partial charge in [-0.1, -0.05) is 11.6 Å². The zero-order chi connectivity index (χ0) is 13.1. The van der Waals surface area contributed by atoms with Gasteiger partial charge in [0.2, 0.25) is 0 Å². The molecule has 3 N–H and O–H groups in total. The number of hydrogen-bond acceptors (Lipinski definition) is 3. The van der Waals surface area contributed by atoms with Crippen molar-refractivity contribution < 1.29 is 9.50 Å². The second-order valence-electron chi connectivity index (χ2n) is 3.82. The largest absolute Gasteiger partial charge is 0.396 e. The topological polar surface area (TPSA) is 59.1 Å². The van der Waals surface area contributed by atoms with E-state index in [4.69, 9.17) is 22.4 Å². The summed E-state index contributed by atoms with van der Waals surface area (Å²) in [5, 5.41) is 9.37. The van der Waals surface area contributed by atoms with Crippen molar-refractivity contribution in [2.75, 3.05) is 12.3 Å². The second-order valence-corrected chi connectivity index (χ2v) is 4.26. The van der Waals surface area contributed by atoms with Crippen LogP contribution in [0.2, 0.25) is 5.02 Å². The van der Waals surface area contributed by atoms with Gasteiger partial charge in [-0.15, -0.1) is 0 Å². The van der Waals surface area contributed by atoms with Crippen molar-refractivity contribution in [1.29, 1.82) is 0 Å². The van der Waals surface area contributed by atoms with Crippen LogP contribution in [0.3, 0.4) is 0 Å². The van der Waals surface area contributed by atoms with Crippen LogP contribution in [0.25, 0.3) is 11.1 Å². The van der Waals surface area contributed by atoms with Gasteiger partial charge < -0.3 is 10.8 Å². The number of anilines is 1. The number of benzene rings is 1. The smallest absolute Gasteiger partial charge is 0.132 e. The molecule has 5 heteroatoms. The van der Waals surface area contributed by atoms with Crippen LogP contribution in [0.5, 0.6) is 0 Å². The average molecular weight is 267 g/mol. The van der Waals surface area contributed by atoms with Crippen molar-refractivity contribution >= 4 is 17.4 Å². The van der Waals surface area contributed by atoms with Crippen LogP contribution in [0, 0.1) is 5.82 Å². The summed E-state index contributed by atoms with van der Waals surface area (Å²) in [6.45, 7) is -0.0713. The lowest BCUT2D eigenvalue weighted by Gasteiger charge is -2.11. The van der Waals surface area contributed by atoms with Gasteiger partial charge in [-0.3, -0.25) is 0 Å². The van der Waals surface area contributed by atoms with Gasteiger partial charge in [0.05, 0.1) is 0 Å². The molecule has 0 bridgehead atoms. The highest BCUT2D eigenvalue weighted by molar-refractivity contribution is 6.30. The van der Waals surface area contributed by atoms with Crippen LogP contribution in [0.15, 0.2) is 30.5 Å². The van der Waals surface area contributed by atoms with Crippen LogP contribution in [-0.4, -0.2) is 16.7 Å². The van der Waals surface area contributed by atoms with E-state index in [0.29, 0.717) is 34.0 Å². The predicted octanol–water partition coefficient (Wildman–Crippen LogP) is 2.66. The Labute approximate surface area is 109 Å². The van der Waals surface area contributed by atoms with Gasteiger partial charge in [0.1, 0.15) is 11.6 Å². The maximum atomic E-state index is 13.9. The van der Waals surface area contributed by atoms with Crippen molar-refractivity contribution in [1.82, 2.24) is 4.98 Å². The zero-order valence-corrected chi connectivity index (χ0v) is 10.3. The molecule has 2 rings (SSSR count). The first-order chi connectivity index (χ1) is 8.63. The summed E-state index contributed by atoms with van der Waals surface area (Å²) in [7, 11) is 0. The Balaban J connectivity index is 2.59. The minimum atomic E-state index is -0.424. The summed E-state index contributed by atoms with van der Waals surface area (Å²) < 4.78 is 13.9. The van der Waals surface area contributed by atoms with Gasteiger partial charge in [0.25, 0.3) is 0 Å². The number of pyridine rings is 1. The summed E-state index contributed by atoms with van der Waals surface area (Å²) >= 11 is 5.72. The molecule has 0 spiro atoms. The fourth-order valence-electron chi connectivity index (χ4n) is 1.84. The fraction of sp³-hybridized carbons (Fsp3) is 0.154. The predicted molar refractivity (Wildman–Crippen MR) is 69.8 cm³/mol. The molecule has 0 saturated carbocycles. The minimum Gasteiger partial charge on any atom is -0.396 e. The zero-order valence-electron chi connectivity index (χ0n) is 9.53. The summed E-state index contributed by atoms with van der Waals surface area (Å²) in [6, 6.07) is 6.12. The third kappa shape index (κ3) is 2.44. The summed E-state index contributed by atoms with van der Waals surface area (Å²) in [6.07, 6.45) is 1.84. The number of halogens is 2. The Morgan fingerprint density at radius 3 is 2.72 bits per heavy atom. The average Bonchev–Trinajstić information content (AvgIpc) is 2.32. The Morgan fingerprint density at radius 2 is 2.06 bits per heavy atom. The maximum absolute atomic E-state index is 13.9. The Bertz CT molecular complexity index is 575. The number of nitrogens with zero attached hydrogens (tertiary/aromatic N) is 1. The van der Waals surface area contributed by atoms with E-state index in [1.165, 1.54) is 12.3 Å². The molecule has 1 aromatic carbocycles. The SMILES string of the molecule is Nc1nccc(-c2ccc(Cl)cc2F)c1CCO. The lowest BCUT2D eigenvalue weighted by Crippen LogP contribution is -2.03. The van der Waals surface area contributed by atoms with Gasteiger partial charge in [0, 0.05) is 29.0 Å². The van der Waals surface area contributed by atoms with Gasteiger partial charge in [0.15, 0.2) is 0 Å². The van der Waals surface area contributed by atoms with Crippen molar-refractivity contribution in [3.8, 4) is 11.1 Å². The molecule has 1 heterocycles. The second kappa shape index (κ2) is 5.33. The number of aromatic nitrogens is 1.